The van der Waals surface area contributed by atoms with Crippen molar-refractivity contribution in [1.82, 2.24) is 10.5 Å². The van der Waals surface area contributed by atoms with Crippen LogP contribution in [0.1, 0.15) is 29.6 Å². The number of hydrogen-bond donors (Lipinski definition) is 2. The second-order valence-corrected chi connectivity index (χ2v) is 4.66. The highest BCUT2D eigenvalue weighted by molar-refractivity contribution is 5.92. The van der Waals surface area contributed by atoms with Gasteiger partial charge in [-0.1, -0.05) is 5.16 Å². The number of hydrogen-bond acceptors (Lipinski definition) is 6. The van der Waals surface area contributed by atoms with E-state index in [1.54, 1.807) is 6.92 Å². The smallest absolute Gasteiger partial charge is 0.273 e. The van der Waals surface area contributed by atoms with Gasteiger partial charge in [0.25, 0.3) is 5.91 Å². The zero-order chi connectivity index (χ0) is 13.9. The Morgan fingerprint density at radius 2 is 2.53 bits per heavy atom. The van der Waals surface area contributed by atoms with E-state index in [1.165, 1.54) is 13.2 Å². The third-order valence-corrected chi connectivity index (χ3v) is 3.29. The lowest BCUT2D eigenvalue weighted by Gasteiger charge is -2.25. The number of ether oxygens (including phenoxy) is 2. The van der Waals surface area contributed by atoms with Crippen molar-refractivity contribution in [3.63, 3.8) is 0 Å². The molecular formula is C12H18N2O5. The van der Waals surface area contributed by atoms with Gasteiger partial charge < -0.3 is 24.4 Å². The molecule has 1 amide bonds. The van der Waals surface area contributed by atoms with Crippen LogP contribution >= 0.6 is 0 Å². The van der Waals surface area contributed by atoms with E-state index in [9.17, 15) is 9.90 Å². The Morgan fingerprint density at radius 1 is 1.74 bits per heavy atom. The number of aromatic nitrogens is 1. The summed E-state index contributed by atoms with van der Waals surface area (Å²) in [6.45, 7) is 2.66. The summed E-state index contributed by atoms with van der Waals surface area (Å²) in [7, 11) is 1.53. The van der Waals surface area contributed by atoms with Crippen LogP contribution in [-0.4, -0.2) is 48.1 Å². The van der Waals surface area contributed by atoms with Crippen LogP contribution < -0.4 is 5.32 Å². The van der Waals surface area contributed by atoms with Crippen molar-refractivity contribution >= 4 is 5.91 Å². The molecule has 106 valence electrons. The fourth-order valence-corrected chi connectivity index (χ4v) is 1.96. The van der Waals surface area contributed by atoms with Gasteiger partial charge in [0, 0.05) is 32.7 Å². The fraction of sp³-hybridized carbons (Fsp3) is 0.667. The highest BCUT2D eigenvalue weighted by atomic mass is 16.5. The number of amides is 1. The Kier molecular flexibility index (Phi) is 4.18. The van der Waals surface area contributed by atoms with Gasteiger partial charge in [-0.05, 0) is 6.92 Å². The summed E-state index contributed by atoms with van der Waals surface area (Å²) in [5, 5.41) is 16.5. The molecule has 2 atom stereocenters. The van der Waals surface area contributed by atoms with Gasteiger partial charge in [-0.2, -0.15) is 0 Å². The predicted octanol–water partition coefficient (Wildman–Crippen LogP) is 0.0907. The predicted molar refractivity (Wildman–Crippen MR) is 64.5 cm³/mol. The molecule has 0 saturated carbocycles. The highest BCUT2D eigenvalue weighted by Crippen LogP contribution is 2.24. The first-order valence-corrected chi connectivity index (χ1v) is 6.12. The van der Waals surface area contributed by atoms with Crippen LogP contribution in [0.25, 0.3) is 0 Å². The van der Waals surface area contributed by atoms with E-state index in [0.29, 0.717) is 18.8 Å². The summed E-state index contributed by atoms with van der Waals surface area (Å²) in [6, 6.07) is 1.51. The van der Waals surface area contributed by atoms with E-state index in [1.807, 2.05) is 0 Å². The first-order valence-electron chi connectivity index (χ1n) is 6.12. The molecule has 2 unspecified atom stereocenters. The Morgan fingerprint density at radius 3 is 3.16 bits per heavy atom. The van der Waals surface area contributed by atoms with Crippen LogP contribution in [0.3, 0.4) is 0 Å². The Hall–Kier alpha value is -1.44. The number of aliphatic hydroxyl groups is 1. The van der Waals surface area contributed by atoms with Crippen LogP contribution in [0.2, 0.25) is 0 Å². The number of nitrogens with zero attached hydrogens (tertiary/aromatic N) is 1. The molecule has 0 aromatic carbocycles. The van der Waals surface area contributed by atoms with E-state index >= 15 is 0 Å². The van der Waals surface area contributed by atoms with Gasteiger partial charge in [-0.15, -0.1) is 0 Å². The monoisotopic (exact) mass is 270 g/mol. The maximum atomic E-state index is 11.8. The van der Waals surface area contributed by atoms with Crippen LogP contribution in [0.5, 0.6) is 0 Å². The minimum Gasteiger partial charge on any atom is -0.385 e. The van der Waals surface area contributed by atoms with Gasteiger partial charge in [0.15, 0.2) is 11.5 Å². The van der Waals surface area contributed by atoms with Gasteiger partial charge in [-0.3, -0.25) is 4.79 Å². The van der Waals surface area contributed by atoms with E-state index in [4.69, 9.17) is 14.0 Å². The number of methoxy groups -OCH3 is 1. The molecule has 1 aliphatic rings. The summed E-state index contributed by atoms with van der Waals surface area (Å²) in [4.78, 5) is 11.8. The molecule has 7 heteroatoms. The molecule has 19 heavy (non-hydrogen) atoms. The van der Waals surface area contributed by atoms with Crippen molar-refractivity contribution in [3.05, 3.63) is 17.5 Å². The molecule has 1 aromatic rings. The number of carbonyl (C=O) groups excluding carboxylic acids is 1. The zero-order valence-corrected chi connectivity index (χ0v) is 11.0. The van der Waals surface area contributed by atoms with E-state index in [2.05, 4.69) is 10.5 Å². The summed E-state index contributed by atoms with van der Waals surface area (Å²) < 4.78 is 15.1. The molecule has 1 fully saturated rings. The fourth-order valence-electron chi connectivity index (χ4n) is 1.96. The van der Waals surface area contributed by atoms with E-state index in [0.717, 1.165) is 0 Å². The molecule has 2 N–H and O–H groups in total. The maximum absolute atomic E-state index is 11.8. The van der Waals surface area contributed by atoms with Gasteiger partial charge in [0.1, 0.15) is 12.2 Å². The summed E-state index contributed by atoms with van der Waals surface area (Å²) in [5.74, 6) is 0.0857. The van der Waals surface area contributed by atoms with Crippen molar-refractivity contribution in [1.29, 1.82) is 0 Å². The quantitative estimate of drug-likeness (QED) is 0.787. The van der Waals surface area contributed by atoms with Crippen molar-refractivity contribution in [2.45, 2.75) is 31.7 Å². The molecule has 0 aliphatic carbocycles. The maximum Gasteiger partial charge on any atom is 0.273 e. The van der Waals surface area contributed by atoms with Gasteiger partial charge in [0.2, 0.25) is 0 Å². The average Bonchev–Trinajstić information content (AvgIpc) is 2.96. The van der Waals surface area contributed by atoms with E-state index in [-0.39, 0.29) is 24.9 Å². The van der Waals surface area contributed by atoms with Crippen molar-refractivity contribution < 1.29 is 23.9 Å². The molecule has 1 aliphatic heterocycles. The molecular weight excluding hydrogens is 252 g/mol. The van der Waals surface area contributed by atoms with Crippen molar-refractivity contribution in [2.24, 2.45) is 0 Å². The highest BCUT2D eigenvalue weighted by Gasteiger charge is 2.39. The first kappa shape index (κ1) is 14.0. The van der Waals surface area contributed by atoms with Crippen LogP contribution in [0, 0.1) is 0 Å². The number of nitrogens with one attached hydrogen (secondary N) is 1. The minimum absolute atomic E-state index is 0.124. The van der Waals surface area contributed by atoms with Crippen LogP contribution in [0.15, 0.2) is 10.6 Å². The zero-order valence-electron chi connectivity index (χ0n) is 11.0. The summed E-state index contributed by atoms with van der Waals surface area (Å²) >= 11 is 0. The lowest BCUT2D eigenvalue weighted by atomic mass is 9.97. The van der Waals surface area contributed by atoms with Gasteiger partial charge >= 0.3 is 0 Å². The second-order valence-electron chi connectivity index (χ2n) is 4.66. The minimum atomic E-state index is -1.02. The third-order valence-electron chi connectivity index (χ3n) is 3.29. The lowest BCUT2D eigenvalue weighted by Crippen LogP contribution is -2.47. The molecule has 2 rings (SSSR count). The second kappa shape index (κ2) is 5.68. The molecule has 7 nitrogen and oxygen atoms in total. The van der Waals surface area contributed by atoms with Gasteiger partial charge in [0.05, 0.1) is 6.10 Å². The van der Waals surface area contributed by atoms with Crippen LogP contribution in [0.4, 0.5) is 0 Å². The SMILES string of the molecule is COCc1cc(C(=O)NCC2(O)CCOC2C)no1. The number of rotatable bonds is 5. The molecule has 2 heterocycles. The Labute approximate surface area is 110 Å². The largest absolute Gasteiger partial charge is 0.385 e. The Balaban J connectivity index is 1.90. The summed E-state index contributed by atoms with van der Waals surface area (Å²) in [5.41, 5.74) is -0.850. The molecule has 0 bridgehead atoms. The van der Waals surface area contributed by atoms with Crippen molar-refractivity contribution in [3.8, 4) is 0 Å². The lowest BCUT2D eigenvalue weighted by molar-refractivity contribution is -0.0252. The third kappa shape index (κ3) is 3.12. The normalized spacial score (nSPS) is 26.6. The summed E-state index contributed by atoms with van der Waals surface area (Å²) in [6.07, 6.45) is 0.205. The molecule has 0 spiro atoms. The van der Waals surface area contributed by atoms with E-state index < -0.39 is 11.5 Å². The average molecular weight is 270 g/mol. The van der Waals surface area contributed by atoms with Gasteiger partial charge in [-0.25, -0.2) is 0 Å². The molecule has 1 saturated heterocycles. The molecule has 0 radical (unpaired) electrons. The topological polar surface area (TPSA) is 93.8 Å². The Bertz CT molecular complexity index is 447. The van der Waals surface area contributed by atoms with Crippen molar-refractivity contribution in [2.75, 3.05) is 20.3 Å². The standard InChI is InChI=1S/C12H18N2O5/c1-8-12(16,3-4-18-8)7-13-11(15)10-5-9(6-17-2)19-14-10/h5,8,16H,3-4,6-7H2,1-2H3,(H,13,15). The van der Waals surface area contributed by atoms with Crippen LogP contribution in [-0.2, 0) is 16.1 Å². The number of carbonyl (C=O) groups is 1. The molecule has 1 aromatic heterocycles. The first-order chi connectivity index (χ1) is 9.05.